The summed E-state index contributed by atoms with van der Waals surface area (Å²) in [5, 5.41) is 41.3. The highest BCUT2D eigenvalue weighted by atomic mass is 16.3. The van der Waals surface area contributed by atoms with Gasteiger partial charge in [0.2, 0.25) is 11.8 Å². The van der Waals surface area contributed by atoms with Crippen LogP contribution in [-0.2, 0) is 14.4 Å². The van der Waals surface area contributed by atoms with E-state index in [1.165, 1.54) is 13.8 Å². The normalized spacial score (nSPS) is 18.0. The smallest absolute Gasteiger partial charge is 0.245 e. The predicted molar refractivity (Wildman–Crippen MR) is 71.0 cm³/mol. The first-order valence-electron chi connectivity index (χ1n) is 6.38. The molecule has 0 radical (unpaired) electrons. The van der Waals surface area contributed by atoms with Gasteiger partial charge in [-0.15, -0.1) is 0 Å². The van der Waals surface area contributed by atoms with Crippen molar-refractivity contribution in [3.05, 3.63) is 0 Å². The van der Waals surface area contributed by atoms with Crippen LogP contribution in [0.5, 0.6) is 0 Å². The van der Waals surface area contributed by atoms with Gasteiger partial charge in [-0.2, -0.15) is 0 Å². The molecule has 0 saturated heterocycles. The van der Waals surface area contributed by atoms with Gasteiger partial charge in [0.15, 0.2) is 5.78 Å². The van der Waals surface area contributed by atoms with E-state index in [2.05, 4.69) is 10.6 Å². The third-order valence-corrected chi connectivity index (χ3v) is 2.71. The van der Waals surface area contributed by atoms with Crippen molar-refractivity contribution in [3.8, 4) is 0 Å². The summed E-state index contributed by atoms with van der Waals surface area (Å²) in [4.78, 5) is 34.7. The fraction of sp³-hybridized carbons (Fsp3) is 0.750. The Kier molecular flexibility index (Phi) is 8.03. The fourth-order valence-electron chi connectivity index (χ4n) is 1.59. The Morgan fingerprint density at radius 3 is 1.76 bits per heavy atom. The van der Waals surface area contributed by atoms with Crippen LogP contribution >= 0.6 is 0 Å². The molecule has 0 rings (SSSR count). The molecule has 122 valence electrons. The maximum Gasteiger partial charge on any atom is 0.245 e. The van der Waals surface area contributed by atoms with E-state index < -0.39 is 54.6 Å². The minimum absolute atomic E-state index is 0.564. The van der Waals surface area contributed by atoms with Crippen LogP contribution in [0.1, 0.15) is 20.8 Å². The Morgan fingerprint density at radius 1 is 0.952 bits per heavy atom. The van der Waals surface area contributed by atoms with Crippen LogP contribution in [0, 0.1) is 0 Å². The van der Waals surface area contributed by atoms with Crippen LogP contribution in [0.2, 0.25) is 0 Å². The first-order chi connectivity index (χ1) is 9.61. The van der Waals surface area contributed by atoms with E-state index in [4.69, 9.17) is 5.11 Å². The number of carbonyl (C=O) groups is 3. The van der Waals surface area contributed by atoms with E-state index in [1.54, 1.807) is 0 Å². The second-order valence-corrected chi connectivity index (χ2v) is 4.75. The third kappa shape index (κ3) is 6.17. The molecule has 2 amide bonds. The van der Waals surface area contributed by atoms with Gasteiger partial charge in [-0.3, -0.25) is 14.4 Å². The van der Waals surface area contributed by atoms with Crippen LogP contribution in [0.15, 0.2) is 0 Å². The average Bonchev–Trinajstić information content (AvgIpc) is 2.39. The Morgan fingerprint density at radius 2 is 1.43 bits per heavy atom. The lowest BCUT2D eigenvalue weighted by Gasteiger charge is -2.26. The minimum atomic E-state index is -1.75. The number of aliphatic hydroxyl groups is 4. The molecular weight excluding hydrogens is 284 g/mol. The van der Waals surface area contributed by atoms with Crippen molar-refractivity contribution in [3.63, 3.8) is 0 Å². The van der Waals surface area contributed by atoms with Crippen molar-refractivity contribution in [2.75, 3.05) is 6.61 Å². The van der Waals surface area contributed by atoms with Gasteiger partial charge in [0.05, 0.1) is 18.8 Å². The number of hydrogen-bond donors (Lipinski definition) is 6. The van der Waals surface area contributed by atoms with E-state index in [0.717, 1.165) is 6.92 Å². The van der Waals surface area contributed by atoms with Gasteiger partial charge in [0, 0.05) is 6.92 Å². The highest BCUT2D eigenvalue weighted by Gasteiger charge is 2.33. The number of carbonyl (C=O) groups excluding carboxylic acids is 3. The summed E-state index contributed by atoms with van der Waals surface area (Å²) < 4.78 is 0. The first-order valence-corrected chi connectivity index (χ1v) is 6.38. The summed E-state index contributed by atoms with van der Waals surface area (Å²) in [6, 6.07) is -2.79. The molecule has 0 fully saturated rings. The zero-order valence-electron chi connectivity index (χ0n) is 12.1. The number of hydrogen-bond acceptors (Lipinski definition) is 7. The van der Waals surface area contributed by atoms with Gasteiger partial charge in [-0.05, 0) is 13.8 Å². The summed E-state index contributed by atoms with van der Waals surface area (Å²) in [7, 11) is 0. The van der Waals surface area contributed by atoms with Crippen molar-refractivity contribution >= 4 is 17.6 Å². The molecule has 0 heterocycles. The van der Waals surface area contributed by atoms with E-state index in [9.17, 15) is 29.7 Å². The van der Waals surface area contributed by atoms with Gasteiger partial charge >= 0.3 is 0 Å². The predicted octanol–water partition coefficient (Wildman–Crippen LogP) is -3.34. The van der Waals surface area contributed by atoms with Gasteiger partial charge in [-0.1, -0.05) is 0 Å². The SMILES string of the molecule is CC(=O)N[C@H](C(=O)N[C@@H](C(=O)[C@@H](O)CO)[C@@H](C)O)[C@H](C)O. The number of ketones is 1. The monoisotopic (exact) mass is 306 g/mol. The van der Waals surface area contributed by atoms with E-state index >= 15 is 0 Å². The standard InChI is InChI=1S/C12H22N2O7/c1-5(16)9(11(20)8(19)4-15)14-12(21)10(6(2)17)13-7(3)18/h5-6,8-10,15-17,19H,4H2,1-3H3,(H,13,18)(H,14,21)/t5-,6+,8+,9-,10+/m1/s1. The Bertz CT molecular complexity index is 384. The van der Waals surface area contributed by atoms with Gasteiger partial charge in [0.1, 0.15) is 18.2 Å². The molecule has 5 atom stereocenters. The molecular formula is C12H22N2O7. The molecule has 9 heteroatoms. The molecule has 9 nitrogen and oxygen atoms in total. The molecule has 0 saturated carbocycles. The molecule has 6 N–H and O–H groups in total. The van der Waals surface area contributed by atoms with E-state index in [1.807, 2.05) is 0 Å². The van der Waals surface area contributed by atoms with Crippen LogP contribution in [0.3, 0.4) is 0 Å². The number of aliphatic hydroxyl groups excluding tert-OH is 4. The zero-order chi connectivity index (χ0) is 16.7. The van der Waals surface area contributed by atoms with Crippen LogP contribution < -0.4 is 10.6 Å². The molecule has 0 aromatic heterocycles. The van der Waals surface area contributed by atoms with Crippen molar-refractivity contribution in [1.82, 2.24) is 10.6 Å². The second-order valence-electron chi connectivity index (χ2n) is 4.75. The Balaban J connectivity index is 5.03. The molecule has 0 aliphatic carbocycles. The molecule has 0 unspecified atom stereocenters. The zero-order valence-corrected chi connectivity index (χ0v) is 12.1. The molecule has 0 aliphatic heterocycles. The Hall–Kier alpha value is -1.55. The lowest BCUT2D eigenvalue weighted by atomic mass is 10.0. The largest absolute Gasteiger partial charge is 0.393 e. The Labute approximate surface area is 122 Å². The van der Waals surface area contributed by atoms with E-state index in [0.29, 0.717) is 0 Å². The molecule has 0 aromatic rings. The van der Waals surface area contributed by atoms with Crippen LogP contribution in [-0.4, -0.2) is 75.0 Å². The van der Waals surface area contributed by atoms with Crippen molar-refractivity contribution in [2.24, 2.45) is 0 Å². The lowest BCUT2D eigenvalue weighted by molar-refractivity contribution is -0.139. The molecule has 21 heavy (non-hydrogen) atoms. The number of Topliss-reactive ketones (excluding diaryl/α,β-unsaturated/α-hetero) is 1. The van der Waals surface area contributed by atoms with Gasteiger partial charge in [-0.25, -0.2) is 0 Å². The van der Waals surface area contributed by atoms with Crippen molar-refractivity contribution < 1.29 is 34.8 Å². The highest BCUT2D eigenvalue weighted by molar-refractivity contribution is 5.95. The van der Waals surface area contributed by atoms with Gasteiger partial charge in [0.25, 0.3) is 0 Å². The van der Waals surface area contributed by atoms with Crippen LogP contribution in [0.25, 0.3) is 0 Å². The molecule has 0 aromatic carbocycles. The fourth-order valence-corrected chi connectivity index (χ4v) is 1.59. The van der Waals surface area contributed by atoms with Gasteiger partial charge < -0.3 is 31.1 Å². The minimum Gasteiger partial charge on any atom is -0.393 e. The topological polar surface area (TPSA) is 156 Å². The second kappa shape index (κ2) is 8.67. The third-order valence-electron chi connectivity index (χ3n) is 2.71. The number of rotatable bonds is 8. The average molecular weight is 306 g/mol. The maximum absolute atomic E-state index is 12.0. The van der Waals surface area contributed by atoms with E-state index in [-0.39, 0.29) is 0 Å². The highest BCUT2D eigenvalue weighted by Crippen LogP contribution is 2.02. The molecule has 0 bridgehead atoms. The lowest BCUT2D eigenvalue weighted by Crippen LogP contribution is -2.59. The molecule has 0 spiro atoms. The van der Waals surface area contributed by atoms with Crippen LogP contribution in [0.4, 0.5) is 0 Å². The van der Waals surface area contributed by atoms with Crippen molar-refractivity contribution in [1.29, 1.82) is 0 Å². The quantitative estimate of drug-likeness (QED) is 0.274. The summed E-state index contributed by atoms with van der Waals surface area (Å²) >= 11 is 0. The first kappa shape index (κ1) is 19.4. The summed E-state index contributed by atoms with van der Waals surface area (Å²) in [6.45, 7) is 2.77. The maximum atomic E-state index is 12.0. The van der Waals surface area contributed by atoms with Crippen molar-refractivity contribution in [2.45, 2.75) is 51.2 Å². The number of amides is 2. The summed E-state index contributed by atoms with van der Waals surface area (Å²) in [6.07, 6.45) is -4.33. The summed E-state index contributed by atoms with van der Waals surface area (Å²) in [5.41, 5.74) is 0. The summed E-state index contributed by atoms with van der Waals surface area (Å²) in [5.74, 6) is -2.44. The number of nitrogens with one attached hydrogen (secondary N) is 2. The molecule has 0 aliphatic rings.